The number of nitrogens with zero attached hydrogens (tertiary/aromatic N) is 1. The molecule has 0 aliphatic carbocycles. The number of rotatable bonds is 0. The molecule has 2 aromatic carbocycles. The second kappa shape index (κ2) is 3.23. The highest BCUT2D eigenvalue weighted by Crippen LogP contribution is 2.26. The van der Waals surface area contributed by atoms with E-state index in [1.807, 2.05) is 0 Å². The Balaban J connectivity index is 2.56. The van der Waals surface area contributed by atoms with Crippen LogP contribution >= 0.6 is 0 Å². The summed E-state index contributed by atoms with van der Waals surface area (Å²) < 4.78 is 27.0. The summed E-state index contributed by atoms with van der Waals surface area (Å²) in [5.41, 5.74) is 0. The second-order valence-corrected chi connectivity index (χ2v) is 3.65. The first-order valence-electron chi connectivity index (χ1n) is 4.87. The SMILES string of the molecule is Fc1ccc(F)c2cc3cnccc3cc12. The van der Waals surface area contributed by atoms with Gasteiger partial charge in [0.1, 0.15) is 11.6 Å². The molecule has 0 aliphatic rings. The summed E-state index contributed by atoms with van der Waals surface area (Å²) in [6.07, 6.45) is 3.27. The van der Waals surface area contributed by atoms with Crippen molar-refractivity contribution < 1.29 is 8.78 Å². The summed E-state index contributed by atoms with van der Waals surface area (Å²) in [6, 6.07) is 7.32. The zero-order valence-corrected chi connectivity index (χ0v) is 8.24. The Morgan fingerprint density at radius 2 is 1.44 bits per heavy atom. The van der Waals surface area contributed by atoms with E-state index in [9.17, 15) is 8.78 Å². The maximum atomic E-state index is 13.5. The lowest BCUT2D eigenvalue weighted by molar-refractivity contribution is 0.618. The fourth-order valence-electron chi connectivity index (χ4n) is 1.86. The van der Waals surface area contributed by atoms with Crippen LogP contribution in [0.1, 0.15) is 0 Å². The highest BCUT2D eigenvalue weighted by atomic mass is 19.1. The van der Waals surface area contributed by atoms with E-state index < -0.39 is 11.6 Å². The van der Waals surface area contributed by atoms with Crippen molar-refractivity contribution in [3.63, 3.8) is 0 Å². The minimum atomic E-state index is -0.415. The molecule has 1 nitrogen and oxygen atoms in total. The monoisotopic (exact) mass is 215 g/mol. The molecule has 1 aromatic heterocycles. The Labute approximate surface area is 90.3 Å². The fourth-order valence-corrected chi connectivity index (χ4v) is 1.86. The molecule has 0 fully saturated rings. The number of fused-ring (bicyclic) bond motifs is 2. The fraction of sp³-hybridized carbons (Fsp3) is 0. The predicted molar refractivity (Wildman–Crippen MR) is 59.2 cm³/mol. The molecule has 0 N–H and O–H groups in total. The Hall–Kier alpha value is -2.03. The van der Waals surface area contributed by atoms with Crippen LogP contribution in [0.2, 0.25) is 0 Å². The number of pyridine rings is 1. The van der Waals surface area contributed by atoms with Gasteiger partial charge >= 0.3 is 0 Å². The highest BCUT2D eigenvalue weighted by molar-refractivity contribution is 5.98. The maximum absolute atomic E-state index is 13.5. The van der Waals surface area contributed by atoms with Gasteiger partial charge in [0, 0.05) is 28.6 Å². The normalized spacial score (nSPS) is 11.1. The van der Waals surface area contributed by atoms with Gasteiger partial charge in [-0.1, -0.05) is 0 Å². The van der Waals surface area contributed by atoms with Gasteiger partial charge < -0.3 is 0 Å². The van der Waals surface area contributed by atoms with Gasteiger partial charge in [0.15, 0.2) is 0 Å². The molecule has 0 unspecified atom stereocenters. The van der Waals surface area contributed by atoms with Crippen LogP contribution in [-0.2, 0) is 0 Å². The number of aromatic nitrogens is 1. The molecular weight excluding hydrogens is 208 g/mol. The molecule has 0 aliphatic heterocycles. The molecule has 0 amide bonds. The van der Waals surface area contributed by atoms with E-state index in [1.54, 1.807) is 30.6 Å². The zero-order valence-electron chi connectivity index (χ0n) is 8.24. The Kier molecular flexibility index (Phi) is 1.86. The Morgan fingerprint density at radius 1 is 0.812 bits per heavy atom. The first-order chi connectivity index (χ1) is 7.75. The molecular formula is C13H7F2N. The molecule has 0 radical (unpaired) electrons. The average Bonchev–Trinajstić information content (AvgIpc) is 2.32. The van der Waals surface area contributed by atoms with E-state index in [4.69, 9.17) is 0 Å². The van der Waals surface area contributed by atoms with Gasteiger partial charge in [-0.3, -0.25) is 4.98 Å². The molecule has 1 heterocycles. The van der Waals surface area contributed by atoms with Crippen LogP contribution in [0, 0.1) is 11.6 Å². The van der Waals surface area contributed by atoms with E-state index in [0.717, 1.165) is 22.9 Å². The van der Waals surface area contributed by atoms with Gasteiger partial charge in [-0.25, -0.2) is 8.78 Å². The van der Waals surface area contributed by atoms with Gasteiger partial charge in [-0.15, -0.1) is 0 Å². The highest BCUT2D eigenvalue weighted by Gasteiger charge is 2.07. The van der Waals surface area contributed by atoms with Crippen molar-refractivity contribution in [3.05, 3.63) is 54.4 Å². The van der Waals surface area contributed by atoms with Crippen molar-refractivity contribution in [2.45, 2.75) is 0 Å². The van der Waals surface area contributed by atoms with Gasteiger partial charge in [0.2, 0.25) is 0 Å². The standard InChI is InChI=1S/C13H7F2N/c14-12-1-2-13(15)11-6-9-7-16-4-3-8(9)5-10(11)12/h1-7H. The van der Waals surface area contributed by atoms with Crippen molar-refractivity contribution in [2.75, 3.05) is 0 Å². The van der Waals surface area contributed by atoms with Crippen molar-refractivity contribution in [1.29, 1.82) is 0 Å². The van der Waals surface area contributed by atoms with E-state index in [-0.39, 0.29) is 0 Å². The largest absolute Gasteiger partial charge is 0.264 e. The molecule has 0 bridgehead atoms. The van der Waals surface area contributed by atoms with Gasteiger partial charge in [-0.05, 0) is 35.7 Å². The van der Waals surface area contributed by atoms with Crippen LogP contribution in [0.5, 0.6) is 0 Å². The molecule has 0 atom stereocenters. The molecule has 16 heavy (non-hydrogen) atoms. The number of hydrogen-bond acceptors (Lipinski definition) is 1. The van der Waals surface area contributed by atoms with E-state index in [0.29, 0.717) is 10.8 Å². The Bertz CT molecular complexity index is 632. The predicted octanol–water partition coefficient (Wildman–Crippen LogP) is 3.67. The van der Waals surface area contributed by atoms with E-state index in [1.165, 1.54) is 0 Å². The van der Waals surface area contributed by atoms with Crippen molar-refractivity contribution in [3.8, 4) is 0 Å². The summed E-state index contributed by atoms with van der Waals surface area (Å²) in [6.45, 7) is 0. The van der Waals surface area contributed by atoms with Crippen molar-refractivity contribution in [2.24, 2.45) is 0 Å². The number of benzene rings is 2. The van der Waals surface area contributed by atoms with E-state index >= 15 is 0 Å². The molecule has 3 heteroatoms. The molecule has 0 saturated heterocycles. The van der Waals surface area contributed by atoms with Gasteiger partial charge in [0.05, 0.1) is 0 Å². The average molecular weight is 215 g/mol. The molecule has 0 spiro atoms. The first kappa shape index (κ1) is 9.21. The van der Waals surface area contributed by atoms with Crippen molar-refractivity contribution >= 4 is 21.5 Å². The quantitative estimate of drug-likeness (QED) is 0.521. The van der Waals surface area contributed by atoms with Crippen LogP contribution < -0.4 is 0 Å². The minimum absolute atomic E-state index is 0.292. The topological polar surface area (TPSA) is 12.9 Å². The lowest BCUT2D eigenvalue weighted by Crippen LogP contribution is -1.85. The molecule has 78 valence electrons. The molecule has 3 rings (SSSR count). The third-order valence-corrected chi connectivity index (χ3v) is 2.67. The molecule has 0 saturated carbocycles. The first-order valence-corrected chi connectivity index (χ1v) is 4.87. The summed E-state index contributed by atoms with van der Waals surface area (Å²) in [4.78, 5) is 3.96. The number of halogens is 2. The van der Waals surface area contributed by atoms with Crippen LogP contribution in [0.25, 0.3) is 21.5 Å². The van der Waals surface area contributed by atoms with E-state index in [2.05, 4.69) is 4.98 Å². The second-order valence-electron chi connectivity index (χ2n) is 3.65. The van der Waals surface area contributed by atoms with Crippen molar-refractivity contribution in [1.82, 2.24) is 4.98 Å². The summed E-state index contributed by atoms with van der Waals surface area (Å²) in [5, 5.41) is 2.26. The maximum Gasteiger partial charge on any atom is 0.131 e. The van der Waals surface area contributed by atoms with Crippen LogP contribution in [0.4, 0.5) is 8.78 Å². The molecule has 3 aromatic rings. The van der Waals surface area contributed by atoms with Crippen LogP contribution in [0.15, 0.2) is 42.7 Å². The third-order valence-electron chi connectivity index (χ3n) is 2.67. The van der Waals surface area contributed by atoms with Crippen LogP contribution in [0.3, 0.4) is 0 Å². The van der Waals surface area contributed by atoms with Gasteiger partial charge in [0.25, 0.3) is 0 Å². The summed E-state index contributed by atoms with van der Waals surface area (Å²) in [7, 11) is 0. The minimum Gasteiger partial charge on any atom is -0.264 e. The summed E-state index contributed by atoms with van der Waals surface area (Å²) >= 11 is 0. The lowest BCUT2D eigenvalue weighted by Gasteiger charge is -2.03. The zero-order chi connectivity index (χ0) is 11.1. The summed E-state index contributed by atoms with van der Waals surface area (Å²) in [5.74, 6) is -0.822. The van der Waals surface area contributed by atoms with Crippen LogP contribution in [-0.4, -0.2) is 4.98 Å². The third kappa shape index (κ3) is 1.25. The van der Waals surface area contributed by atoms with Gasteiger partial charge in [-0.2, -0.15) is 0 Å². The number of hydrogen-bond donors (Lipinski definition) is 0. The smallest absolute Gasteiger partial charge is 0.131 e. The Morgan fingerprint density at radius 3 is 2.12 bits per heavy atom. The lowest BCUT2D eigenvalue weighted by atomic mass is 10.0.